The number of benzene rings is 2. The average molecular weight is 738 g/mol. The summed E-state index contributed by atoms with van der Waals surface area (Å²) in [4.78, 5) is 70.3. The Morgan fingerprint density at radius 1 is 0.885 bits per heavy atom. The highest BCUT2D eigenvalue weighted by atomic mass is 32.2. The van der Waals surface area contributed by atoms with Crippen LogP contribution in [0, 0.1) is 17.3 Å². The van der Waals surface area contributed by atoms with Gasteiger partial charge in [0.2, 0.25) is 23.6 Å². The molecule has 0 aromatic heterocycles. The van der Waals surface area contributed by atoms with Crippen LogP contribution >= 0.6 is 11.8 Å². The summed E-state index contributed by atoms with van der Waals surface area (Å²) in [5.74, 6) is -2.33. The zero-order valence-corrected chi connectivity index (χ0v) is 33.0. The van der Waals surface area contributed by atoms with Crippen LogP contribution in [-0.4, -0.2) is 80.9 Å². The second kappa shape index (κ2) is 18.7. The zero-order valence-electron chi connectivity index (χ0n) is 32.2. The van der Waals surface area contributed by atoms with Gasteiger partial charge in [0.05, 0.1) is 11.9 Å². The lowest BCUT2D eigenvalue weighted by Crippen LogP contribution is -2.62. The van der Waals surface area contributed by atoms with Crippen LogP contribution in [0.2, 0.25) is 0 Å². The summed E-state index contributed by atoms with van der Waals surface area (Å²) in [6, 6.07) is 13.9. The van der Waals surface area contributed by atoms with E-state index in [1.54, 1.807) is 45.0 Å². The maximum absolute atomic E-state index is 14.3. The number of rotatable bonds is 16. The second-order valence-corrected chi connectivity index (χ2v) is 17.4. The fourth-order valence-corrected chi connectivity index (χ4v) is 7.37. The Balaban J connectivity index is 1.92. The van der Waals surface area contributed by atoms with Gasteiger partial charge in [0.15, 0.2) is 6.10 Å². The smallest absolute Gasteiger partial charge is 0.254 e. The van der Waals surface area contributed by atoms with Crippen LogP contribution in [0.3, 0.4) is 0 Å². The minimum atomic E-state index is -1.70. The molecule has 1 unspecified atom stereocenters. The fraction of sp³-hybridized carbons (Fsp3) is 0.575. The van der Waals surface area contributed by atoms with Crippen LogP contribution in [-0.2, 0) is 30.4 Å². The number of nitrogens with one attached hydrogen (secondary N) is 4. The lowest BCUT2D eigenvalue weighted by molar-refractivity contribution is -0.148. The van der Waals surface area contributed by atoms with E-state index in [4.69, 9.17) is 0 Å². The highest BCUT2D eigenvalue weighted by Crippen LogP contribution is 2.40. The van der Waals surface area contributed by atoms with Gasteiger partial charge in [-0.1, -0.05) is 116 Å². The highest BCUT2D eigenvalue weighted by Gasteiger charge is 2.50. The van der Waals surface area contributed by atoms with Gasteiger partial charge in [-0.2, -0.15) is 0 Å². The number of thioether (sulfide) groups is 1. The van der Waals surface area contributed by atoms with Crippen LogP contribution in [0.4, 0.5) is 0 Å². The van der Waals surface area contributed by atoms with E-state index in [0.29, 0.717) is 18.5 Å². The molecule has 0 spiro atoms. The minimum absolute atomic E-state index is 0.108. The first-order chi connectivity index (χ1) is 24.4. The number of aliphatic hydroxyl groups is 1. The molecule has 1 saturated heterocycles. The summed E-state index contributed by atoms with van der Waals surface area (Å²) in [5, 5.41) is 23.3. The Labute approximate surface area is 313 Å². The van der Waals surface area contributed by atoms with Gasteiger partial charge in [0.1, 0.15) is 18.1 Å². The third-order valence-electron chi connectivity index (χ3n) is 9.29. The normalized spacial score (nSPS) is 18.4. The quantitative estimate of drug-likeness (QED) is 0.172. The molecule has 52 heavy (non-hydrogen) atoms. The van der Waals surface area contributed by atoms with Crippen LogP contribution in [0.15, 0.2) is 60.7 Å². The molecule has 2 aromatic carbocycles. The van der Waals surface area contributed by atoms with Crippen molar-refractivity contribution in [1.29, 1.82) is 0 Å². The van der Waals surface area contributed by atoms with E-state index in [-0.39, 0.29) is 35.9 Å². The number of aliphatic hydroxyl groups excluding tert-OH is 1. The van der Waals surface area contributed by atoms with Gasteiger partial charge in [-0.25, -0.2) is 0 Å². The molecule has 0 radical (unpaired) electrons. The third-order valence-corrected chi connectivity index (χ3v) is 10.7. The van der Waals surface area contributed by atoms with Gasteiger partial charge in [-0.05, 0) is 49.1 Å². The Kier molecular flexibility index (Phi) is 15.3. The summed E-state index contributed by atoms with van der Waals surface area (Å²) >= 11 is 1.45. The van der Waals surface area contributed by atoms with Crippen LogP contribution in [0.5, 0.6) is 0 Å². The largest absolute Gasteiger partial charge is 0.381 e. The van der Waals surface area contributed by atoms with Crippen molar-refractivity contribution in [3.63, 3.8) is 0 Å². The van der Waals surface area contributed by atoms with Crippen molar-refractivity contribution >= 4 is 41.3 Å². The molecule has 11 nitrogen and oxygen atoms in total. The molecule has 1 aliphatic rings. The van der Waals surface area contributed by atoms with E-state index in [9.17, 15) is 29.1 Å². The van der Waals surface area contributed by atoms with Gasteiger partial charge in [-0.3, -0.25) is 24.0 Å². The molecular weight excluding hydrogens is 679 g/mol. The van der Waals surface area contributed by atoms with Crippen molar-refractivity contribution in [3.8, 4) is 0 Å². The predicted molar refractivity (Wildman–Crippen MR) is 206 cm³/mol. The van der Waals surface area contributed by atoms with Gasteiger partial charge in [0.25, 0.3) is 5.91 Å². The molecule has 6 atom stereocenters. The van der Waals surface area contributed by atoms with Crippen molar-refractivity contribution in [3.05, 3.63) is 71.8 Å². The van der Waals surface area contributed by atoms with Crippen molar-refractivity contribution in [2.75, 3.05) is 12.4 Å². The molecule has 0 saturated carbocycles. The van der Waals surface area contributed by atoms with Gasteiger partial charge < -0.3 is 31.3 Å². The first kappa shape index (κ1) is 42.5. The number of hydrogen-bond acceptors (Lipinski definition) is 7. The molecule has 12 heteroatoms. The first-order valence-corrected chi connectivity index (χ1v) is 19.3. The van der Waals surface area contributed by atoms with E-state index in [1.165, 1.54) is 16.7 Å². The van der Waals surface area contributed by atoms with Crippen molar-refractivity contribution < 1.29 is 29.1 Å². The molecule has 1 heterocycles. The summed E-state index contributed by atoms with van der Waals surface area (Å²) in [6.45, 7) is 17.4. The number of carbonyl (C=O) groups excluding carboxylic acids is 5. The van der Waals surface area contributed by atoms with E-state index >= 15 is 0 Å². The lowest BCUT2D eigenvalue weighted by Gasteiger charge is -2.36. The Morgan fingerprint density at radius 2 is 1.48 bits per heavy atom. The fourth-order valence-electron chi connectivity index (χ4n) is 6.23. The van der Waals surface area contributed by atoms with Gasteiger partial charge >= 0.3 is 0 Å². The van der Waals surface area contributed by atoms with Crippen molar-refractivity contribution in [1.82, 2.24) is 26.2 Å². The first-order valence-electron chi connectivity index (χ1n) is 18.3. The summed E-state index contributed by atoms with van der Waals surface area (Å²) in [6.07, 6.45) is -0.131. The molecule has 286 valence electrons. The molecule has 0 bridgehead atoms. The summed E-state index contributed by atoms with van der Waals surface area (Å²) in [7, 11) is 0. The molecule has 0 aliphatic carbocycles. The zero-order chi connectivity index (χ0) is 38.8. The van der Waals surface area contributed by atoms with Crippen LogP contribution < -0.4 is 21.3 Å². The van der Waals surface area contributed by atoms with E-state index in [1.807, 2.05) is 77.9 Å². The SMILES string of the molecule is CCCC(C)C(=O)N[C@H](C(=O)N[C@H](C(=O)N[C@@H](Cc1ccccc1)[C@H](O)C(=O)N1CSC(C)(C)[C@H]1C(=O)NCC(C)C)C(C)(C)C)c1ccccc1. The standard InChI is InChI=1S/C40H59N5O6S/c1-10-17-26(4)34(47)43-30(28-20-15-12-16-21-28)35(48)44-32(39(5,6)7)36(49)42-29(22-27-18-13-11-14-19-27)31(46)38(51)45-24-52-40(8,9)33(45)37(50)41-23-25(2)3/h11-16,18-21,25-26,29-33,46H,10,17,22-24H2,1-9H3,(H,41,50)(H,42,49)(H,43,47)(H,44,48)/t26?,29-,30-,31-,32+,33+/m0/s1. The Bertz CT molecular complexity index is 1510. The highest BCUT2D eigenvalue weighted by molar-refractivity contribution is 8.00. The number of amides is 5. The van der Waals surface area contributed by atoms with Gasteiger partial charge in [0, 0.05) is 17.2 Å². The molecule has 1 aliphatic heterocycles. The van der Waals surface area contributed by atoms with E-state index in [0.717, 1.165) is 12.0 Å². The molecule has 5 N–H and O–H groups in total. The third kappa shape index (κ3) is 11.6. The van der Waals surface area contributed by atoms with Crippen LogP contribution in [0.25, 0.3) is 0 Å². The topological polar surface area (TPSA) is 157 Å². The van der Waals surface area contributed by atoms with Crippen molar-refractivity contribution in [2.45, 2.75) is 117 Å². The maximum atomic E-state index is 14.3. The summed E-state index contributed by atoms with van der Waals surface area (Å²) in [5.41, 5.74) is 0.514. The Hall–Kier alpha value is -3.90. The molecule has 5 amide bonds. The number of nitrogens with zero attached hydrogens (tertiary/aromatic N) is 1. The molecule has 1 fully saturated rings. The maximum Gasteiger partial charge on any atom is 0.254 e. The van der Waals surface area contributed by atoms with E-state index < -0.39 is 58.2 Å². The van der Waals surface area contributed by atoms with Crippen LogP contribution in [0.1, 0.15) is 92.3 Å². The molecule has 3 rings (SSSR count). The molecule has 2 aromatic rings. The van der Waals surface area contributed by atoms with E-state index in [2.05, 4.69) is 21.3 Å². The lowest BCUT2D eigenvalue weighted by atomic mass is 9.85. The number of hydrogen-bond donors (Lipinski definition) is 5. The monoisotopic (exact) mass is 737 g/mol. The van der Waals surface area contributed by atoms with Crippen molar-refractivity contribution in [2.24, 2.45) is 17.3 Å². The average Bonchev–Trinajstić information content (AvgIpc) is 3.42. The van der Waals surface area contributed by atoms with Gasteiger partial charge in [-0.15, -0.1) is 11.8 Å². The number of carbonyl (C=O) groups is 5. The molecular formula is C40H59N5O6S. The minimum Gasteiger partial charge on any atom is -0.381 e. The second-order valence-electron chi connectivity index (χ2n) is 15.8. The predicted octanol–water partition coefficient (Wildman–Crippen LogP) is 4.35. The summed E-state index contributed by atoms with van der Waals surface area (Å²) < 4.78 is -0.616. The Morgan fingerprint density at radius 3 is 2.04 bits per heavy atom.